The zero-order valence-electron chi connectivity index (χ0n) is 11.4. The maximum atomic E-state index is 6.07. The number of rotatable bonds is 2. The highest BCUT2D eigenvalue weighted by atomic mass is 16.7. The van der Waals surface area contributed by atoms with Gasteiger partial charge in [-0.2, -0.15) is 0 Å². The van der Waals surface area contributed by atoms with Gasteiger partial charge in [0.15, 0.2) is 0 Å². The third-order valence-electron chi connectivity index (χ3n) is 3.94. The van der Waals surface area contributed by atoms with Crippen LogP contribution in [0.1, 0.15) is 40.2 Å². The Hall–Kier alpha value is -0.795. The molecule has 0 aromatic heterocycles. The molecule has 1 aromatic carbocycles. The maximum absolute atomic E-state index is 6.07. The molecule has 2 rings (SSSR count). The first-order valence-electron chi connectivity index (χ1n) is 6.31. The third kappa shape index (κ3) is 2.14. The lowest BCUT2D eigenvalue weighted by atomic mass is 9.75. The SMILES string of the molecule is CCc1ccccc1B1OC(C)(C)C(C)(C)O1. The van der Waals surface area contributed by atoms with Crippen LogP contribution in [0.5, 0.6) is 0 Å². The Morgan fingerprint density at radius 2 is 1.53 bits per heavy atom. The average Bonchev–Trinajstić information content (AvgIpc) is 2.48. The van der Waals surface area contributed by atoms with E-state index in [1.165, 1.54) is 5.56 Å². The first-order chi connectivity index (χ1) is 7.87. The maximum Gasteiger partial charge on any atom is 0.495 e. The molecule has 0 N–H and O–H groups in total. The van der Waals surface area contributed by atoms with Gasteiger partial charge in [-0.05, 0) is 45.1 Å². The third-order valence-corrected chi connectivity index (χ3v) is 3.94. The topological polar surface area (TPSA) is 18.5 Å². The van der Waals surface area contributed by atoms with Crippen molar-refractivity contribution in [1.29, 1.82) is 0 Å². The highest BCUT2D eigenvalue weighted by molar-refractivity contribution is 6.62. The Balaban J connectivity index is 2.32. The molecule has 1 aromatic rings. The van der Waals surface area contributed by atoms with E-state index in [0.29, 0.717) is 0 Å². The number of benzene rings is 1. The molecule has 0 spiro atoms. The van der Waals surface area contributed by atoms with Gasteiger partial charge in [0, 0.05) is 0 Å². The van der Waals surface area contributed by atoms with Gasteiger partial charge in [0.25, 0.3) is 0 Å². The number of aryl methyl sites for hydroxylation is 1. The molecule has 0 amide bonds. The van der Waals surface area contributed by atoms with Gasteiger partial charge in [-0.3, -0.25) is 0 Å². The molecule has 17 heavy (non-hydrogen) atoms. The minimum Gasteiger partial charge on any atom is -0.399 e. The normalized spacial score (nSPS) is 21.8. The van der Waals surface area contributed by atoms with Gasteiger partial charge in [-0.1, -0.05) is 31.2 Å². The van der Waals surface area contributed by atoms with E-state index in [4.69, 9.17) is 9.31 Å². The van der Waals surface area contributed by atoms with Crippen LogP contribution >= 0.6 is 0 Å². The smallest absolute Gasteiger partial charge is 0.399 e. The van der Waals surface area contributed by atoms with Crippen LogP contribution in [0.4, 0.5) is 0 Å². The molecular formula is C14H21BO2. The summed E-state index contributed by atoms with van der Waals surface area (Å²) in [6.07, 6.45) is 1.00. The summed E-state index contributed by atoms with van der Waals surface area (Å²) in [6, 6.07) is 8.34. The summed E-state index contributed by atoms with van der Waals surface area (Å²) >= 11 is 0. The lowest BCUT2D eigenvalue weighted by Crippen LogP contribution is -2.41. The van der Waals surface area contributed by atoms with Gasteiger partial charge in [-0.25, -0.2) is 0 Å². The Morgan fingerprint density at radius 1 is 1.00 bits per heavy atom. The van der Waals surface area contributed by atoms with E-state index in [9.17, 15) is 0 Å². The minimum absolute atomic E-state index is 0.240. The summed E-state index contributed by atoms with van der Waals surface area (Å²) in [5.74, 6) is 0. The van der Waals surface area contributed by atoms with Crippen molar-refractivity contribution >= 4 is 12.6 Å². The summed E-state index contributed by atoms with van der Waals surface area (Å²) in [5, 5.41) is 0. The fourth-order valence-corrected chi connectivity index (χ4v) is 2.06. The van der Waals surface area contributed by atoms with Crippen molar-refractivity contribution in [2.75, 3.05) is 0 Å². The van der Waals surface area contributed by atoms with Crippen LogP contribution < -0.4 is 5.46 Å². The van der Waals surface area contributed by atoms with Gasteiger partial charge in [0.2, 0.25) is 0 Å². The van der Waals surface area contributed by atoms with Crippen LogP contribution in [0.15, 0.2) is 24.3 Å². The second-order valence-electron chi connectivity index (χ2n) is 5.64. The molecule has 3 heteroatoms. The number of hydrogen-bond donors (Lipinski definition) is 0. The van der Waals surface area contributed by atoms with Crippen molar-refractivity contribution in [3.8, 4) is 0 Å². The van der Waals surface area contributed by atoms with Crippen LogP contribution in [-0.2, 0) is 15.7 Å². The predicted molar refractivity (Wildman–Crippen MR) is 71.5 cm³/mol. The molecule has 0 saturated carbocycles. The molecule has 1 saturated heterocycles. The molecule has 1 aliphatic heterocycles. The van der Waals surface area contributed by atoms with Crippen molar-refractivity contribution in [2.45, 2.75) is 52.2 Å². The lowest BCUT2D eigenvalue weighted by molar-refractivity contribution is 0.00578. The van der Waals surface area contributed by atoms with E-state index < -0.39 is 0 Å². The average molecular weight is 232 g/mol. The molecule has 0 unspecified atom stereocenters. The second kappa shape index (κ2) is 4.15. The summed E-state index contributed by atoms with van der Waals surface area (Å²) in [6.45, 7) is 10.5. The Morgan fingerprint density at radius 3 is 2.06 bits per heavy atom. The van der Waals surface area contributed by atoms with Crippen molar-refractivity contribution in [3.05, 3.63) is 29.8 Å². The monoisotopic (exact) mass is 232 g/mol. The van der Waals surface area contributed by atoms with Crippen LogP contribution in [-0.4, -0.2) is 18.3 Å². The molecular weight excluding hydrogens is 211 g/mol. The van der Waals surface area contributed by atoms with Gasteiger partial charge in [-0.15, -0.1) is 0 Å². The van der Waals surface area contributed by atoms with Gasteiger partial charge < -0.3 is 9.31 Å². The zero-order chi connectivity index (χ0) is 12.7. The molecule has 1 fully saturated rings. The van der Waals surface area contributed by atoms with Gasteiger partial charge >= 0.3 is 7.12 Å². The standard InChI is InChI=1S/C14H21BO2/c1-6-11-9-7-8-10-12(11)15-16-13(2,3)14(4,5)17-15/h7-10H,6H2,1-5H3. The Labute approximate surface area is 104 Å². The molecule has 0 atom stereocenters. The summed E-state index contributed by atoms with van der Waals surface area (Å²) in [4.78, 5) is 0. The van der Waals surface area contributed by atoms with Crippen LogP contribution in [0.25, 0.3) is 0 Å². The van der Waals surface area contributed by atoms with E-state index in [2.05, 4.69) is 52.8 Å². The van der Waals surface area contributed by atoms with E-state index >= 15 is 0 Å². The quantitative estimate of drug-likeness (QED) is 0.729. The molecule has 0 bridgehead atoms. The van der Waals surface area contributed by atoms with Crippen molar-refractivity contribution in [1.82, 2.24) is 0 Å². The summed E-state index contributed by atoms with van der Waals surface area (Å²) in [5.41, 5.74) is 1.93. The van der Waals surface area contributed by atoms with Gasteiger partial charge in [0.05, 0.1) is 11.2 Å². The second-order valence-corrected chi connectivity index (χ2v) is 5.64. The van der Waals surface area contributed by atoms with Gasteiger partial charge in [0.1, 0.15) is 0 Å². The van der Waals surface area contributed by atoms with Crippen molar-refractivity contribution in [3.63, 3.8) is 0 Å². The molecule has 2 nitrogen and oxygen atoms in total. The van der Waals surface area contributed by atoms with E-state index in [1.807, 2.05) is 6.07 Å². The molecule has 1 aliphatic rings. The molecule has 0 radical (unpaired) electrons. The van der Waals surface area contributed by atoms with E-state index in [0.717, 1.165) is 11.9 Å². The van der Waals surface area contributed by atoms with Crippen molar-refractivity contribution in [2.24, 2.45) is 0 Å². The zero-order valence-corrected chi connectivity index (χ0v) is 11.4. The molecule has 0 aliphatic carbocycles. The Kier molecular flexibility index (Phi) is 3.09. The largest absolute Gasteiger partial charge is 0.495 e. The van der Waals surface area contributed by atoms with Crippen LogP contribution in [0.2, 0.25) is 0 Å². The van der Waals surface area contributed by atoms with Crippen LogP contribution in [0, 0.1) is 0 Å². The lowest BCUT2D eigenvalue weighted by Gasteiger charge is -2.32. The summed E-state index contributed by atoms with van der Waals surface area (Å²) < 4.78 is 12.1. The first kappa shape index (κ1) is 12.7. The summed E-state index contributed by atoms with van der Waals surface area (Å²) in [7, 11) is -0.240. The fraction of sp³-hybridized carbons (Fsp3) is 0.571. The minimum atomic E-state index is -0.265. The highest BCUT2D eigenvalue weighted by Gasteiger charge is 2.52. The van der Waals surface area contributed by atoms with E-state index in [1.54, 1.807) is 0 Å². The fourth-order valence-electron chi connectivity index (χ4n) is 2.06. The van der Waals surface area contributed by atoms with Crippen molar-refractivity contribution < 1.29 is 9.31 Å². The number of hydrogen-bond acceptors (Lipinski definition) is 2. The first-order valence-corrected chi connectivity index (χ1v) is 6.31. The van der Waals surface area contributed by atoms with E-state index in [-0.39, 0.29) is 18.3 Å². The highest BCUT2D eigenvalue weighted by Crippen LogP contribution is 2.36. The predicted octanol–water partition coefficient (Wildman–Crippen LogP) is 2.55. The Bertz CT molecular complexity index is 396. The molecule has 92 valence electrons. The molecule has 1 heterocycles. The van der Waals surface area contributed by atoms with Crippen LogP contribution in [0.3, 0.4) is 0 Å².